The van der Waals surface area contributed by atoms with Crippen molar-refractivity contribution < 1.29 is 0 Å². The molecule has 0 aliphatic heterocycles. The van der Waals surface area contributed by atoms with Gasteiger partial charge in [0, 0.05) is 14.1 Å². The molecule has 1 aromatic carbocycles. The van der Waals surface area contributed by atoms with Crippen LogP contribution in [0.2, 0.25) is 0 Å². The van der Waals surface area contributed by atoms with E-state index in [4.69, 9.17) is 5.26 Å². The summed E-state index contributed by atoms with van der Waals surface area (Å²) < 4.78 is 0. The van der Waals surface area contributed by atoms with Gasteiger partial charge in [0.05, 0.1) is 17.3 Å². The molecule has 13 heavy (non-hydrogen) atoms. The topological polar surface area (TPSA) is 56.5 Å². The van der Waals surface area contributed by atoms with Crippen molar-refractivity contribution in [2.45, 2.75) is 0 Å². The normalized spacial score (nSPS) is 9.00. The Kier molecular flexibility index (Phi) is 2.60. The average molecular weight is 175 g/mol. The number of hydrogen-bond donors (Lipinski definition) is 0. The number of hydrogen-bond acceptors (Lipinski definition) is 4. The predicted octanol–water partition coefficient (Wildman–Crippen LogP) is 2.02. The van der Waals surface area contributed by atoms with Gasteiger partial charge in [-0.15, -0.1) is 4.91 Å². The van der Waals surface area contributed by atoms with Gasteiger partial charge in [-0.2, -0.15) is 5.26 Å². The van der Waals surface area contributed by atoms with Crippen molar-refractivity contribution in [3.63, 3.8) is 0 Å². The fraction of sp³-hybridized carbons (Fsp3) is 0.222. The van der Waals surface area contributed by atoms with Gasteiger partial charge in [0.25, 0.3) is 0 Å². The van der Waals surface area contributed by atoms with E-state index in [-0.39, 0.29) is 0 Å². The summed E-state index contributed by atoms with van der Waals surface area (Å²) in [7, 11) is 3.59. The second-order valence-electron chi connectivity index (χ2n) is 2.80. The van der Waals surface area contributed by atoms with Gasteiger partial charge in [-0.05, 0) is 23.4 Å². The lowest BCUT2D eigenvalue weighted by molar-refractivity contribution is 1.13. The van der Waals surface area contributed by atoms with Crippen LogP contribution in [-0.2, 0) is 0 Å². The van der Waals surface area contributed by atoms with Crippen molar-refractivity contribution in [3.05, 3.63) is 28.7 Å². The first kappa shape index (κ1) is 9.20. The zero-order valence-electron chi connectivity index (χ0n) is 7.48. The third kappa shape index (κ3) is 1.82. The molecule has 0 aliphatic rings. The third-order valence-corrected chi connectivity index (χ3v) is 1.68. The van der Waals surface area contributed by atoms with Gasteiger partial charge in [-0.3, -0.25) is 0 Å². The van der Waals surface area contributed by atoms with E-state index in [1.807, 2.05) is 6.07 Å². The average Bonchev–Trinajstić information content (AvgIpc) is 2.16. The van der Waals surface area contributed by atoms with Crippen LogP contribution in [0, 0.1) is 16.2 Å². The molecule has 0 aliphatic carbocycles. The van der Waals surface area contributed by atoms with Crippen molar-refractivity contribution in [2.75, 3.05) is 19.0 Å². The summed E-state index contributed by atoms with van der Waals surface area (Å²) >= 11 is 0. The molecule has 0 N–H and O–H groups in total. The Morgan fingerprint density at radius 3 is 2.62 bits per heavy atom. The minimum absolute atomic E-state index is 0.351. The van der Waals surface area contributed by atoms with Crippen LogP contribution in [0.3, 0.4) is 0 Å². The highest BCUT2D eigenvalue weighted by atomic mass is 16.3. The maximum Gasteiger partial charge on any atom is 0.131 e. The summed E-state index contributed by atoms with van der Waals surface area (Å²) in [6, 6.07) is 6.75. The molecule has 0 unspecified atom stereocenters. The fourth-order valence-electron chi connectivity index (χ4n) is 1.03. The Hall–Kier alpha value is -1.89. The van der Waals surface area contributed by atoms with Gasteiger partial charge >= 0.3 is 0 Å². The lowest BCUT2D eigenvalue weighted by Crippen LogP contribution is -2.08. The molecule has 0 saturated carbocycles. The summed E-state index contributed by atoms with van der Waals surface area (Å²) in [4.78, 5) is 12.1. The molecule has 66 valence electrons. The Labute approximate surface area is 76.4 Å². The van der Waals surface area contributed by atoms with E-state index in [1.165, 1.54) is 0 Å². The third-order valence-electron chi connectivity index (χ3n) is 1.68. The lowest BCUT2D eigenvalue weighted by Gasteiger charge is -2.13. The molecule has 0 bridgehead atoms. The maximum atomic E-state index is 10.4. The summed E-state index contributed by atoms with van der Waals surface area (Å²) in [5, 5.41) is 11.5. The highest BCUT2D eigenvalue weighted by Crippen LogP contribution is 2.27. The summed E-state index contributed by atoms with van der Waals surface area (Å²) in [5.74, 6) is 0. The monoisotopic (exact) mass is 175 g/mol. The summed E-state index contributed by atoms with van der Waals surface area (Å²) in [6.07, 6.45) is 0. The minimum Gasteiger partial charge on any atom is -0.376 e. The van der Waals surface area contributed by atoms with Crippen LogP contribution in [0.25, 0.3) is 0 Å². The smallest absolute Gasteiger partial charge is 0.131 e. The number of nitrogens with zero attached hydrogens (tertiary/aromatic N) is 3. The molecule has 0 spiro atoms. The number of nitroso groups, excluding NO2 is 1. The van der Waals surface area contributed by atoms with Gasteiger partial charge in [0.2, 0.25) is 0 Å². The Bertz CT molecular complexity index is 366. The molecule has 0 radical (unpaired) electrons. The molecule has 0 amide bonds. The highest BCUT2D eigenvalue weighted by Gasteiger charge is 2.05. The minimum atomic E-state index is 0.351. The van der Waals surface area contributed by atoms with E-state index in [9.17, 15) is 4.91 Å². The SMILES string of the molecule is CN(C)c1cc(C#N)ccc1N=O. The second kappa shape index (κ2) is 3.68. The Morgan fingerprint density at radius 2 is 2.15 bits per heavy atom. The zero-order valence-corrected chi connectivity index (χ0v) is 7.48. The first-order valence-electron chi connectivity index (χ1n) is 3.74. The van der Waals surface area contributed by atoms with E-state index in [0.717, 1.165) is 0 Å². The molecule has 4 nitrogen and oxygen atoms in total. The largest absolute Gasteiger partial charge is 0.376 e. The van der Waals surface area contributed by atoms with Crippen LogP contribution in [0.1, 0.15) is 5.56 Å². The number of nitriles is 1. The van der Waals surface area contributed by atoms with E-state index in [2.05, 4.69) is 5.18 Å². The van der Waals surface area contributed by atoms with Gasteiger partial charge in [0.1, 0.15) is 5.69 Å². The quantitative estimate of drug-likeness (QED) is 0.646. The van der Waals surface area contributed by atoms with Gasteiger partial charge in [-0.25, -0.2) is 0 Å². The first-order valence-corrected chi connectivity index (χ1v) is 3.74. The fourth-order valence-corrected chi connectivity index (χ4v) is 1.03. The van der Waals surface area contributed by atoms with Crippen molar-refractivity contribution in [3.8, 4) is 6.07 Å². The van der Waals surface area contributed by atoms with Crippen LogP contribution in [-0.4, -0.2) is 14.1 Å². The zero-order chi connectivity index (χ0) is 9.84. The second-order valence-corrected chi connectivity index (χ2v) is 2.80. The van der Waals surface area contributed by atoms with Crippen LogP contribution >= 0.6 is 0 Å². The molecule has 0 aromatic heterocycles. The molecule has 0 fully saturated rings. The Balaban J connectivity index is 3.27. The van der Waals surface area contributed by atoms with Crippen molar-refractivity contribution >= 4 is 11.4 Å². The van der Waals surface area contributed by atoms with Gasteiger partial charge < -0.3 is 4.90 Å². The van der Waals surface area contributed by atoms with E-state index >= 15 is 0 Å². The predicted molar refractivity (Wildman–Crippen MR) is 50.9 cm³/mol. The van der Waals surface area contributed by atoms with E-state index in [1.54, 1.807) is 37.2 Å². The van der Waals surface area contributed by atoms with Gasteiger partial charge in [-0.1, -0.05) is 0 Å². The molecule has 0 heterocycles. The maximum absolute atomic E-state index is 10.4. The van der Waals surface area contributed by atoms with Gasteiger partial charge in [0.15, 0.2) is 0 Å². The Morgan fingerprint density at radius 1 is 1.46 bits per heavy atom. The summed E-state index contributed by atoms with van der Waals surface area (Å²) in [5.41, 5.74) is 1.54. The molecular weight excluding hydrogens is 166 g/mol. The molecule has 1 rings (SSSR count). The van der Waals surface area contributed by atoms with Crippen molar-refractivity contribution in [1.82, 2.24) is 0 Å². The number of benzene rings is 1. The molecule has 0 saturated heterocycles. The molecule has 1 aromatic rings. The standard InChI is InChI=1S/C9H9N3O/c1-12(2)9-5-7(6-10)3-4-8(9)11-13/h3-5H,1-2H3. The summed E-state index contributed by atoms with van der Waals surface area (Å²) in [6.45, 7) is 0. The highest BCUT2D eigenvalue weighted by molar-refractivity contribution is 5.68. The van der Waals surface area contributed by atoms with Crippen molar-refractivity contribution in [1.29, 1.82) is 5.26 Å². The first-order chi connectivity index (χ1) is 6.19. The number of anilines is 1. The van der Waals surface area contributed by atoms with Crippen LogP contribution in [0.4, 0.5) is 11.4 Å². The van der Waals surface area contributed by atoms with Crippen molar-refractivity contribution in [2.24, 2.45) is 5.18 Å². The van der Waals surface area contributed by atoms with E-state index < -0.39 is 0 Å². The van der Waals surface area contributed by atoms with E-state index in [0.29, 0.717) is 16.9 Å². The lowest BCUT2D eigenvalue weighted by atomic mass is 10.2. The number of rotatable bonds is 2. The van der Waals surface area contributed by atoms with Crippen LogP contribution in [0.15, 0.2) is 23.4 Å². The molecule has 4 heteroatoms. The van der Waals surface area contributed by atoms with Crippen LogP contribution in [0.5, 0.6) is 0 Å². The molecular formula is C9H9N3O. The van der Waals surface area contributed by atoms with Crippen LogP contribution < -0.4 is 4.90 Å². The molecule has 0 atom stereocenters.